The Morgan fingerprint density at radius 2 is 2.18 bits per heavy atom. The molecule has 1 amide bonds. The first-order chi connectivity index (χ1) is 7.97. The summed E-state index contributed by atoms with van der Waals surface area (Å²) in [7, 11) is 0. The van der Waals surface area contributed by atoms with E-state index in [4.69, 9.17) is 17.3 Å². The normalized spacial score (nSPS) is 14.2. The molecule has 0 aliphatic carbocycles. The summed E-state index contributed by atoms with van der Waals surface area (Å²) >= 11 is 6.04. The van der Waals surface area contributed by atoms with Gasteiger partial charge in [-0.25, -0.2) is 0 Å². The summed E-state index contributed by atoms with van der Waals surface area (Å²) in [5.41, 5.74) is 7.45. The van der Waals surface area contributed by atoms with E-state index in [2.05, 4.69) is 5.32 Å². The van der Waals surface area contributed by atoms with Crippen molar-refractivity contribution < 1.29 is 4.79 Å². The second-order valence-electron chi connectivity index (χ2n) is 4.33. The average molecular weight is 255 g/mol. The van der Waals surface area contributed by atoms with Gasteiger partial charge >= 0.3 is 0 Å². The molecule has 94 valence electrons. The summed E-state index contributed by atoms with van der Waals surface area (Å²) in [4.78, 5) is 11.9. The van der Waals surface area contributed by atoms with Crippen molar-refractivity contribution in [2.45, 2.75) is 33.2 Å². The number of aryl methyl sites for hydroxylation is 1. The van der Waals surface area contributed by atoms with Gasteiger partial charge in [0.15, 0.2) is 0 Å². The molecule has 3 N–H and O–H groups in total. The van der Waals surface area contributed by atoms with Crippen molar-refractivity contribution >= 4 is 23.2 Å². The van der Waals surface area contributed by atoms with E-state index < -0.39 is 6.04 Å². The second kappa shape index (κ2) is 6.03. The standard InChI is InChI=1S/C13H19ClN2O/c1-4-8(2)11(15)13(17)16-12-9(3)6-5-7-10(12)14/h5-8,11H,4,15H2,1-3H3,(H,16,17)/t8-,11-/m0/s1. The van der Waals surface area contributed by atoms with Crippen LogP contribution in [0.3, 0.4) is 0 Å². The number of nitrogens with two attached hydrogens (primary N) is 1. The Morgan fingerprint density at radius 3 is 2.71 bits per heavy atom. The van der Waals surface area contributed by atoms with Gasteiger partial charge in [0.25, 0.3) is 0 Å². The maximum absolute atomic E-state index is 11.9. The third-order valence-electron chi connectivity index (χ3n) is 3.03. The molecule has 0 heterocycles. The number of benzene rings is 1. The van der Waals surface area contributed by atoms with Gasteiger partial charge in [0.1, 0.15) is 0 Å². The minimum absolute atomic E-state index is 0.151. The fraction of sp³-hybridized carbons (Fsp3) is 0.462. The van der Waals surface area contributed by atoms with Crippen molar-refractivity contribution in [2.24, 2.45) is 11.7 Å². The lowest BCUT2D eigenvalue weighted by Crippen LogP contribution is -2.40. The predicted octanol–water partition coefficient (Wildman–Crippen LogP) is 2.96. The van der Waals surface area contributed by atoms with Crippen molar-refractivity contribution in [3.8, 4) is 0 Å². The molecule has 3 nitrogen and oxygen atoms in total. The Morgan fingerprint density at radius 1 is 1.53 bits per heavy atom. The van der Waals surface area contributed by atoms with Gasteiger partial charge in [-0.1, -0.05) is 44.0 Å². The van der Waals surface area contributed by atoms with Gasteiger partial charge in [0.05, 0.1) is 16.8 Å². The van der Waals surface area contributed by atoms with E-state index in [9.17, 15) is 4.79 Å². The number of hydrogen-bond acceptors (Lipinski definition) is 2. The van der Waals surface area contributed by atoms with Gasteiger partial charge in [-0.15, -0.1) is 0 Å². The smallest absolute Gasteiger partial charge is 0.241 e. The first kappa shape index (κ1) is 14.0. The van der Waals surface area contributed by atoms with Crippen LogP contribution in [0.2, 0.25) is 5.02 Å². The Balaban J connectivity index is 2.81. The van der Waals surface area contributed by atoms with Crippen molar-refractivity contribution in [1.29, 1.82) is 0 Å². The summed E-state index contributed by atoms with van der Waals surface area (Å²) in [5.74, 6) is -0.0339. The lowest BCUT2D eigenvalue weighted by molar-refractivity contribution is -0.118. The molecule has 17 heavy (non-hydrogen) atoms. The highest BCUT2D eigenvalue weighted by Crippen LogP contribution is 2.25. The molecule has 0 aliphatic heterocycles. The van der Waals surface area contributed by atoms with Gasteiger partial charge in [-0.2, -0.15) is 0 Å². The maximum atomic E-state index is 11.9. The summed E-state index contributed by atoms with van der Waals surface area (Å²) in [6.07, 6.45) is 0.871. The van der Waals surface area contributed by atoms with Crippen LogP contribution in [0.5, 0.6) is 0 Å². The Hall–Kier alpha value is -1.06. The molecule has 1 aromatic carbocycles. The van der Waals surface area contributed by atoms with Crippen LogP contribution in [-0.2, 0) is 4.79 Å². The van der Waals surface area contributed by atoms with E-state index in [1.165, 1.54) is 0 Å². The minimum Gasteiger partial charge on any atom is -0.323 e. The topological polar surface area (TPSA) is 55.1 Å². The molecule has 0 spiro atoms. The van der Waals surface area contributed by atoms with Gasteiger partial charge in [0.2, 0.25) is 5.91 Å². The summed E-state index contributed by atoms with van der Waals surface area (Å²) in [6.45, 7) is 5.87. The van der Waals surface area contributed by atoms with E-state index in [0.717, 1.165) is 12.0 Å². The van der Waals surface area contributed by atoms with Gasteiger partial charge in [-0.3, -0.25) is 4.79 Å². The number of nitrogens with one attached hydrogen (secondary N) is 1. The van der Waals surface area contributed by atoms with Crippen LogP contribution in [0.4, 0.5) is 5.69 Å². The number of anilines is 1. The summed E-state index contributed by atoms with van der Waals surface area (Å²) in [5, 5.41) is 3.33. The van der Waals surface area contributed by atoms with E-state index in [-0.39, 0.29) is 11.8 Å². The molecule has 0 saturated heterocycles. The first-order valence-corrected chi connectivity index (χ1v) is 6.16. The van der Waals surface area contributed by atoms with Gasteiger partial charge in [0, 0.05) is 0 Å². The molecule has 1 rings (SSSR count). The average Bonchev–Trinajstić information content (AvgIpc) is 2.31. The molecule has 0 fully saturated rings. The van der Waals surface area contributed by atoms with E-state index in [0.29, 0.717) is 10.7 Å². The van der Waals surface area contributed by atoms with E-state index in [1.54, 1.807) is 6.07 Å². The van der Waals surface area contributed by atoms with Crippen molar-refractivity contribution in [3.05, 3.63) is 28.8 Å². The Kier molecular flexibility index (Phi) is 4.97. The minimum atomic E-state index is -0.504. The largest absolute Gasteiger partial charge is 0.323 e. The number of rotatable bonds is 4. The van der Waals surface area contributed by atoms with Crippen LogP contribution in [0.15, 0.2) is 18.2 Å². The van der Waals surface area contributed by atoms with Crippen LogP contribution in [0.1, 0.15) is 25.8 Å². The Labute approximate surface area is 107 Å². The molecule has 1 aromatic rings. The highest BCUT2D eigenvalue weighted by molar-refractivity contribution is 6.34. The lowest BCUT2D eigenvalue weighted by atomic mass is 9.99. The van der Waals surface area contributed by atoms with Crippen molar-refractivity contribution in [2.75, 3.05) is 5.32 Å². The number of amides is 1. The zero-order valence-electron chi connectivity index (χ0n) is 10.5. The molecule has 4 heteroatoms. The van der Waals surface area contributed by atoms with Crippen LogP contribution in [0.25, 0.3) is 0 Å². The van der Waals surface area contributed by atoms with Crippen molar-refractivity contribution in [3.63, 3.8) is 0 Å². The maximum Gasteiger partial charge on any atom is 0.241 e. The van der Waals surface area contributed by atoms with Crippen LogP contribution < -0.4 is 11.1 Å². The molecule has 0 unspecified atom stereocenters. The quantitative estimate of drug-likeness (QED) is 0.868. The number of hydrogen-bond donors (Lipinski definition) is 2. The molecule has 0 radical (unpaired) electrons. The van der Waals surface area contributed by atoms with Gasteiger partial charge in [-0.05, 0) is 24.5 Å². The molecular formula is C13H19ClN2O. The molecular weight excluding hydrogens is 236 g/mol. The number of para-hydroxylation sites is 1. The third-order valence-corrected chi connectivity index (χ3v) is 3.34. The molecule has 2 atom stereocenters. The second-order valence-corrected chi connectivity index (χ2v) is 4.74. The highest BCUT2D eigenvalue weighted by Gasteiger charge is 2.20. The van der Waals surface area contributed by atoms with Crippen LogP contribution >= 0.6 is 11.6 Å². The van der Waals surface area contributed by atoms with Crippen LogP contribution in [0, 0.1) is 12.8 Å². The first-order valence-electron chi connectivity index (χ1n) is 5.79. The Bertz CT molecular complexity index is 386. The van der Waals surface area contributed by atoms with Crippen molar-refractivity contribution in [1.82, 2.24) is 0 Å². The summed E-state index contributed by atoms with van der Waals surface area (Å²) < 4.78 is 0. The highest BCUT2D eigenvalue weighted by atomic mass is 35.5. The number of carbonyl (C=O) groups excluding carboxylic acids is 1. The number of carbonyl (C=O) groups is 1. The van der Waals surface area contributed by atoms with E-state index >= 15 is 0 Å². The fourth-order valence-corrected chi connectivity index (χ4v) is 1.78. The number of halogens is 1. The zero-order chi connectivity index (χ0) is 13.0. The zero-order valence-corrected chi connectivity index (χ0v) is 11.2. The van der Waals surface area contributed by atoms with Crippen LogP contribution in [-0.4, -0.2) is 11.9 Å². The molecule has 0 aromatic heterocycles. The SMILES string of the molecule is CC[C@H](C)[C@H](N)C(=O)Nc1c(C)cccc1Cl. The molecule has 0 aliphatic rings. The molecule has 0 saturated carbocycles. The third kappa shape index (κ3) is 3.45. The molecule has 0 bridgehead atoms. The monoisotopic (exact) mass is 254 g/mol. The van der Waals surface area contributed by atoms with E-state index in [1.807, 2.05) is 32.9 Å². The summed E-state index contributed by atoms with van der Waals surface area (Å²) in [6, 6.07) is 4.99. The van der Waals surface area contributed by atoms with Gasteiger partial charge < -0.3 is 11.1 Å². The lowest BCUT2D eigenvalue weighted by Gasteiger charge is -2.19. The fourth-order valence-electron chi connectivity index (χ4n) is 1.51. The predicted molar refractivity (Wildman–Crippen MR) is 72.2 cm³/mol.